The summed E-state index contributed by atoms with van der Waals surface area (Å²) in [5.41, 5.74) is 0.913. The highest BCUT2D eigenvalue weighted by atomic mass is 35.5. The summed E-state index contributed by atoms with van der Waals surface area (Å²) in [6.07, 6.45) is 2.98. The summed E-state index contributed by atoms with van der Waals surface area (Å²) in [5.74, 6) is -0.284. The van der Waals surface area contributed by atoms with Crippen LogP contribution in [0.25, 0.3) is 0 Å². The van der Waals surface area contributed by atoms with Gasteiger partial charge in [0.25, 0.3) is 0 Å². The number of halogens is 1. The molecule has 0 saturated carbocycles. The second kappa shape index (κ2) is 9.64. The van der Waals surface area contributed by atoms with Crippen molar-refractivity contribution in [1.29, 1.82) is 0 Å². The van der Waals surface area contributed by atoms with Gasteiger partial charge in [-0.1, -0.05) is 48.0 Å². The Morgan fingerprint density at radius 2 is 1.93 bits per heavy atom. The molecular formula is C19H20ClN5O3S. The van der Waals surface area contributed by atoms with Gasteiger partial charge in [-0.25, -0.2) is 18.1 Å². The standard InChI is InChI=1S/C19H20ClN5O3S/c20-16-7-4-8-17(11-16)29(27,28)23-10-9-19(26)24-18(12-25-14-21-13-22-25)15-5-2-1-3-6-15/h1-8,11,13-14,18,23H,9-10,12H2,(H,24,26). The molecule has 3 rings (SSSR count). The molecule has 0 fully saturated rings. The number of benzene rings is 2. The van der Waals surface area contributed by atoms with E-state index < -0.39 is 10.0 Å². The fourth-order valence-corrected chi connectivity index (χ4v) is 4.05. The van der Waals surface area contributed by atoms with Gasteiger partial charge in [0.15, 0.2) is 0 Å². The van der Waals surface area contributed by atoms with Crippen LogP contribution < -0.4 is 10.0 Å². The molecule has 1 atom stereocenters. The van der Waals surface area contributed by atoms with Gasteiger partial charge in [-0.15, -0.1) is 0 Å². The zero-order valence-electron chi connectivity index (χ0n) is 15.4. The van der Waals surface area contributed by atoms with Gasteiger partial charge < -0.3 is 5.32 Å². The Morgan fingerprint density at radius 1 is 1.14 bits per heavy atom. The van der Waals surface area contributed by atoms with E-state index in [9.17, 15) is 13.2 Å². The molecular weight excluding hydrogens is 414 g/mol. The average Bonchev–Trinajstić information content (AvgIpc) is 3.21. The van der Waals surface area contributed by atoms with Crippen molar-refractivity contribution in [2.45, 2.75) is 23.9 Å². The van der Waals surface area contributed by atoms with Crippen LogP contribution in [0, 0.1) is 0 Å². The first-order valence-electron chi connectivity index (χ1n) is 8.86. The lowest BCUT2D eigenvalue weighted by Crippen LogP contribution is -2.34. The van der Waals surface area contributed by atoms with Gasteiger partial charge in [-0.3, -0.25) is 9.48 Å². The van der Waals surface area contributed by atoms with Crippen molar-refractivity contribution in [3.8, 4) is 0 Å². The Bertz CT molecular complexity index is 1040. The highest BCUT2D eigenvalue weighted by molar-refractivity contribution is 7.89. The summed E-state index contributed by atoms with van der Waals surface area (Å²) in [6.45, 7) is 0.371. The molecule has 8 nitrogen and oxygen atoms in total. The summed E-state index contributed by atoms with van der Waals surface area (Å²) >= 11 is 5.84. The van der Waals surface area contributed by atoms with Crippen molar-refractivity contribution < 1.29 is 13.2 Å². The van der Waals surface area contributed by atoms with Crippen molar-refractivity contribution in [1.82, 2.24) is 24.8 Å². The number of sulfonamides is 1. The van der Waals surface area contributed by atoms with E-state index in [1.807, 2.05) is 30.3 Å². The Hall–Kier alpha value is -2.75. The van der Waals surface area contributed by atoms with Gasteiger partial charge in [0, 0.05) is 18.0 Å². The molecule has 10 heteroatoms. The maximum Gasteiger partial charge on any atom is 0.240 e. The lowest BCUT2D eigenvalue weighted by Gasteiger charge is -2.19. The number of nitrogens with one attached hydrogen (secondary N) is 2. The molecule has 1 aromatic heterocycles. The predicted molar refractivity (Wildman–Crippen MR) is 109 cm³/mol. The fraction of sp³-hybridized carbons (Fsp3) is 0.211. The summed E-state index contributed by atoms with van der Waals surface area (Å²) in [5, 5.41) is 7.32. The molecule has 2 N–H and O–H groups in total. The smallest absolute Gasteiger partial charge is 0.240 e. The van der Waals surface area contributed by atoms with Crippen molar-refractivity contribution in [3.05, 3.63) is 77.8 Å². The molecule has 3 aromatic rings. The van der Waals surface area contributed by atoms with Crippen LogP contribution in [0.3, 0.4) is 0 Å². The Morgan fingerprint density at radius 3 is 2.62 bits per heavy atom. The predicted octanol–water partition coefficient (Wildman–Crippen LogP) is 2.16. The van der Waals surface area contributed by atoms with Crippen LogP contribution in [-0.4, -0.2) is 35.6 Å². The SMILES string of the molecule is O=C(CCNS(=O)(=O)c1cccc(Cl)c1)NC(Cn1cncn1)c1ccccc1. The molecule has 0 bridgehead atoms. The van der Waals surface area contributed by atoms with Crippen LogP contribution in [0.4, 0.5) is 0 Å². The van der Waals surface area contributed by atoms with E-state index in [4.69, 9.17) is 11.6 Å². The number of hydrogen-bond acceptors (Lipinski definition) is 5. The van der Waals surface area contributed by atoms with Gasteiger partial charge in [0.2, 0.25) is 15.9 Å². The van der Waals surface area contributed by atoms with Gasteiger partial charge in [0.1, 0.15) is 12.7 Å². The van der Waals surface area contributed by atoms with Crippen LogP contribution in [0.2, 0.25) is 5.02 Å². The van der Waals surface area contributed by atoms with E-state index in [1.54, 1.807) is 23.1 Å². The Labute approximate surface area is 174 Å². The fourth-order valence-electron chi connectivity index (χ4n) is 2.72. The number of aromatic nitrogens is 3. The van der Waals surface area contributed by atoms with E-state index >= 15 is 0 Å². The van der Waals surface area contributed by atoms with Gasteiger partial charge in [-0.2, -0.15) is 5.10 Å². The largest absolute Gasteiger partial charge is 0.347 e. The highest BCUT2D eigenvalue weighted by Gasteiger charge is 2.18. The van der Waals surface area contributed by atoms with Crippen molar-refractivity contribution in [3.63, 3.8) is 0 Å². The number of rotatable bonds is 9. The first kappa shape index (κ1) is 21.0. The quantitative estimate of drug-likeness (QED) is 0.537. The molecule has 0 radical (unpaired) electrons. The molecule has 0 spiro atoms. The van der Waals surface area contributed by atoms with Gasteiger partial charge >= 0.3 is 0 Å². The summed E-state index contributed by atoms with van der Waals surface area (Å²) in [6, 6.07) is 15.1. The summed E-state index contributed by atoms with van der Waals surface area (Å²) in [7, 11) is -3.74. The third-order valence-electron chi connectivity index (χ3n) is 4.12. The minimum Gasteiger partial charge on any atom is -0.347 e. The minimum atomic E-state index is -3.74. The van der Waals surface area contributed by atoms with E-state index in [-0.39, 0.29) is 29.8 Å². The summed E-state index contributed by atoms with van der Waals surface area (Å²) < 4.78 is 28.6. The van der Waals surface area contributed by atoms with Crippen molar-refractivity contribution in [2.75, 3.05) is 6.54 Å². The molecule has 0 aliphatic heterocycles. The highest BCUT2D eigenvalue weighted by Crippen LogP contribution is 2.16. The zero-order valence-corrected chi connectivity index (χ0v) is 17.0. The Balaban J connectivity index is 1.59. The van der Waals surface area contributed by atoms with Crippen LogP contribution >= 0.6 is 11.6 Å². The van der Waals surface area contributed by atoms with E-state index in [0.29, 0.717) is 11.6 Å². The summed E-state index contributed by atoms with van der Waals surface area (Å²) in [4.78, 5) is 16.4. The van der Waals surface area contributed by atoms with Crippen LogP contribution in [0.5, 0.6) is 0 Å². The number of carbonyl (C=O) groups is 1. The molecule has 1 unspecified atom stereocenters. The second-order valence-electron chi connectivity index (χ2n) is 6.25. The molecule has 2 aromatic carbocycles. The Kier molecular flexibility index (Phi) is 6.97. The minimum absolute atomic E-state index is 0.0134. The molecule has 152 valence electrons. The average molecular weight is 434 g/mol. The molecule has 1 amide bonds. The first-order valence-corrected chi connectivity index (χ1v) is 10.7. The lowest BCUT2D eigenvalue weighted by atomic mass is 10.1. The zero-order chi connectivity index (χ0) is 20.7. The second-order valence-corrected chi connectivity index (χ2v) is 8.46. The molecule has 0 aliphatic rings. The molecule has 0 aliphatic carbocycles. The molecule has 29 heavy (non-hydrogen) atoms. The lowest BCUT2D eigenvalue weighted by molar-refractivity contribution is -0.121. The van der Waals surface area contributed by atoms with Crippen LogP contribution in [0.1, 0.15) is 18.0 Å². The number of carbonyl (C=O) groups excluding carboxylic acids is 1. The van der Waals surface area contributed by atoms with Crippen LogP contribution in [-0.2, 0) is 21.4 Å². The van der Waals surface area contributed by atoms with Gasteiger partial charge in [-0.05, 0) is 23.8 Å². The molecule has 1 heterocycles. The number of hydrogen-bond donors (Lipinski definition) is 2. The van der Waals surface area contributed by atoms with E-state index in [2.05, 4.69) is 20.1 Å². The normalized spacial score (nSPS) is 12.4. The number of amides is 1. The van der Waals surface area contributed by atoms with Crippen molar-refractivity contribution in [2.24, 2.45) is 0 Å². The third kappa shape index (κ3) is 6.11. The van der Waals surface area contributed by atoms with E-state index in [0.717, 1.165) is 5.56 Å². The molecule has 0 saturated heterocycles. The first-order chi connectivity index (χ1) is 13.9. The van der Waals surface area contributed by atoms with Crippen molar-refractivity contribution >= 4 is 27.5 Å². The van der Waals surface area contributed by atoms with E-state index in [1.165, 1.54) is 18.5 Å². The van der Waals surface area contributed by atoms with Crippen LogP contribution in [0.15, 0.2) is 72.1 Å². The monoisotopic (exact) mass is 433 g/mol. The maximum absolute atomic E-state index is 12.4. The third-order valence-corrected chi connectivity index (χ3v) is 5.82. The van der Waals surface area contributed by atoms with Gasteiger partial charge in [0.05, 0.1) is 17.5 Å². The maximum atomic E-state index is 12.4. The number of nitrogens with zero attached hydrogens (tertiary/aromatic N) is 3. The topological polar surface area (TPSA) is 106 Å².